The number of nitrogens with one attached hydrogen (secondary N) is 1. The lowest BCUT2D eigenvalue weighted by Gasteiger charge is -2.27. The number of nitrogens with zero attached hydrogens (tertiary/aromatic N) is 1. The molecule has 1 amide bonds. The number of amides is 1. The molecule has 1 N–H and O–H groups in total. The number of methoxy groups -OCH3 is 2. The zero-order valence-electron chi connectivity index (χ0n) is 22.7. The first kappa shape index (κ1) is 29.0. The van der Waals surface area contributed by atoms with Gasteiger partial charge in [-0.2, -0.15) is 0 Å². The van der Waals surface area contributed by atoms with E-state index in [9.17, 15) is 13.2 Å². The van der Waals surface area contributed by atoms with Crippen LogP contribution in [0.2, 0.25) is 5.02 Å². The average molecular weight is 579 g/mol. The van der Waals surface area contributed by atoms with Gasteiger partial charge in [0.15, 0.2) is 11.5 Å². The number of halogens is 1. The van der Waals surface area contributed by atoms with Gasteiger partial charge in [-0.1, -0.05) is 59.6 Å². The van der Waals surface area contributed by atoms with E-state index >= 15 is 0 Å². The molecule has 0 spiro atoms. The predicted octanol–water partition coefficient (Wildman–Crippen LogP) is 6.55. The molecule has 40 heavy (non-hydrogen) atoms. The van der Waals surface area contributed by atoms with Crippen LogP contribution in [0.25, 0.3) is 0 Å². The van der Waals surface area contributed by atoms with E-state index in [2.05, 4.69) is 5.32 Å². The molecule has 0 fully saturated rings. The molecule has 4 aromatic carbocycles. The summed E-state index contributed by atoms with van der Waals surface area (Å²) in [5.74, 6) is 0.701. The van der Waals surface area contributed by atoms with E-state index in [0.717, 1.165) is 11.1 Å². The maximum absolute atomic E-state index is 14.0. The van der Waals surface area contributed by atoms with Gasteiger partial charge in [0.05, 0.1) is 43.0 Å². The summed E-state index contributed by atoms with van der Waals surface area (Å²) in [6, 6.07) is 25.3. The van der Waals surface area contributed by atoms with Crippen LogP contribution in [-0.2, 0) is 16.6 Å². The first-order valence-corrected chi connectivity index (χ1v) is 14.4. The molecule has 0 unspecified atom stereocenters. The van der Waals surface area contributed by atoms with Crippen molar-refractivity contribution < 1.29 is 22.7 Å². The summed E-state index contributed by atoms with van der Waals surface area (Å²) in [6.45, 7) is 3.74. The van der Waals surface area contributed by atoms with E-state index in [0.29, 0.717) is 22.1 Å². The highest BCUT2D eigenvalue weighted by Crippen LogP contribution is 2.32. The Balaban J connectivity index is 1.72. The molecule has 0 heterocycles. The van der Waals surface area contributed by atoms with Gasteiger partial charge >= 0.3 is 0 Å². The SMILES string of the molecule is COc1ccc([C@H](C)NC(=O)c2ccccc2N(Cc2ccc(Cl)cc2)S(=O)(=O)c2ccc(C)cc2)cc1OC. The highest BCUT2D eigenvalue weighted by Gasteiger charge is 2.29. The lowest BCUT2D eigenvalue weighted by molar-refractivity contribution is 0.0940. The fraction of sp³-hybridized carbons (Fsp3) is 0.194. The van der Waals surface area contributed by atoms with Gasteiger partial charge < -0.3 is 14.8 Å². The molecule has 0 aromatic heterocycles. The molecule has 1 atom stereocenters. The summed E-state index contributed by atoms with van der Waals surface area (Å²) in [7, 11) is -0.940. The maximum atomic E-state index is 14.0. The predicted molar refractivity (Wildman–Crippen MR) is 158 cm³/mol. The number of ether oxygens (including phenoxy) is 2. The number of hydrogen-bond donors (Lipinski definition) is 1. The molecule has 0 aliphatic heterocycles. The van der Waals surface area contributed by atoms with Crippen LogP contribution >= 0.6 is 11.6 Å². The molecular weight excluding hydrogens is 548 g/mol. The van der Waals surface area contributed by atoms with Crippen molar-refractivity contribution >= 4 is 33.2 Å². The van der Waals surface area contributed by atoms with Gasteiger partial charge in [-0.3, -0.25) is 9.10 Å². The van der Waals surface area contributed by atoms with E-state index in [-0.39, 0.29) is 22.7 Å². The number of benzene rings is 4. The highest BCUT2D eigenvalue weighted by molar-refractivity contribution is 7.92. The van der Waals surface area contributed by atoms with Crippen LogP contribution in [0.5, 0.6) is 11.5 Å². The summed E-state index contributed by atoms with van der Waals surface area (Å²) in [4.78, 5) is 13.8. The Bertz CT molecular complexity index is 1590. The quantitative estimate of drug-likeness (QED) is 0.231. The molecule has 4 aromatic rings. The van der Waals surface area contributed by atoms with E-state index in [1.165, 1.54) is 4.31 Å². The zero-order chi connectivity index (χ0) is 28.9. The largest absolute Gasteiger partial charge is 0.493 e. The van der Waals surface area contributed by atoms with Crippen molar-refractivity contribution in [2.75, 3.05) is 18.5 Å². The molecule has 0 aliphatic carbocycles. The van der Waals surface area contributed by atoms with Gasteiger partial charge in [0.2, 0.25) is 0 Å². The van der Waals surface area contributed by atoms with E-state index in [1.807, 2.05) is 19.9 Å². The minimum Gasteiger partial charge on any atom is -0.493 e. The normalized spacial score (nSPS) is 11.9. The number of carbonyl (C=O) groups is 1. The summed E-state index contributed by atoms with van der Waals surface area (Å²) < 4.78 is 40.0. The van der Waals surface area contributed by atoms with E-state index in [1.54, 1.807) is 99.1 Å². The van der Waals surface area contributed by atoms with Crippen LogP contribution in [0.3, 0.4) is 0 Å². The Morgan fingerprint density at radius 3 is 2.20 bits per heavy atom. The smallest absolute Gasteiger partial charge is 0.264 e. The number of sulfonamides is 1. The van der Waals surface area contributed by atoms with Crippen LogP contribution in [-0.4, -0.2) is 28.5 Å². The minimum absolute atomic E-state index is 0.00288. The van der Waals surface area contributed by atoms with E-state index < -0.39 is 22.0 Å². The number of aryl methyl sites for hydroxylation is 1. The Morgan fingerprint density at radius 1 is 0.900 bits per heavy atom. The van der Waals surface area contributed by atoms with Crippen molar-refractivity contribution in [1.29, 1.82) is 0 Å². The summed E-state index contributed by atoms with van der Waals surface area (Å²) in [6.07, 6.45) is 0. The molecule has 0 saturated carbocycles. The van der Waals surface area contributed by atoms with Crippen molar-refractivity contribution in [2.45, 2.75) is 31.3 Å². The lowest BCUT2D eigenvalue weighted by atomic mass is 10.1. The third-order valence-electron chi connectivity index (χ3n) is 6.52. The molecule has 4 rings (SSSR count). The van der Waals surface area contributed by atoms with E-state index in [4.69, 9.17) is 21.1 Å². The van der Waals surface area contributed by atoms with Gasteiger partial charge in [0.1, 0.15) is 0 Å². The summed E-state index contributed by atoms with van der Waals surface area (Å²) in [5.41, 5.74) is 2.93. The van der Waals surface area contributed by atoms with Gasteiger partial charge in [-0.05, 0) is 73.5 Å². The Morgan fingerprint density at radius 2 is 1.55 bits per heavy atom. The first-order valence-electron chi connectivity index (χ1n) is 12.6. The van der Waals surface area contributed by atoms with Crippen molar-refractivity contribution in [2.24, 2.45) is 0 Å². The Hall–Kier alpha value is -4.01. The van der Waals surface area contributed by atoms with Gasteiger partial charge in [-0.25, -0.2) is 8.42 Å². The number of para-hydroxylation sites is 1. The summed E-state index contributed by atoms with van der Waals surface area (Å²) in [5, 5.41) is 3.53. The first-order chi connectivity index (χ1) is 19.1. The topological polar surface area (TPSA) is 84.9 Å². The number of anilines is 1. The lowest BCUT2D eigenvalue weighted by Crippen LogP contribution is -2.34. The van der Waals surface area contributed by atoms with Gasteiger partial charge in [0, 0.05) is 5.02 Å². The third kappa shape index (κ3) is 6.41. The van der Waals surface area contributed by atoms with Crippen LogP contribution in [0, 0.1) is 6.92 Å². The van der Waals surface area contributed by atoms with Crippen LogP contribution in [0.15, 0.2) is 95.9 Å². The van der Waals surface area contributed by atoms with Crippen LogP contribution < -0.4 is 19.1 Å². The molecule has 208 valence electrons. The van der Waals surface area contributed by atoms with Gasteiger partial charge in [-0.15, -0.1) is 0 Å². The van der Waals surface area contributed by atoms with Crippen molar-refractivity contribution in [3.05, 3.63) is 118 Å². The average Bonchev–Trinajstić information content (AvgIpc) is 2.96. The Labute approximate surface area is 240 Å². The summed E-state index contributed by atoms with van der Waals surface area (Å²) >= 11 is 6.07. The van der Waals surface area contributed by atoms with Crippen LogP contribution in [0.1, 0.15) is 40.0 Å². The van der Waals surface area contributed by atoms with Crippen molar-refractivity contribution in [3.63, 3.8) is 0 Å². The Kier molecular flexibility index (Phi) is 9.02. The molecule has 0 radical (unpaired) electrons. The second-order valence-corrected chi connectivity index (χ2v) is 11.6. The zero-order valence-corrected chi connectivity index (χ0v) is 24.3. The molecule has 9 heteroatoms. The van der Waals surface area contributed by atoms with Gasteiger partial charge in [0.25, 0.3) is 15.9 Å². The molecule has 7 nitrogen and oxygen atoms in total. The fourth-order valence-corrected chi connectivity index (χ4v) is 5.85. The standard InChI is InChI=1S/C31H31ClN2O5S/c1-21-9-16-26(17-10-21)40(36,37)34(20-23-11-14-25(32)15-12-23)28-8-6-5-7-27(28)31(35)33-22(2)24-13-18-29(38-3)30(19-24)39-4/h5-19,22H,20H2,1-4H3,(H,33,35)/t22-/m0/s1. The number of carbonyl (C=O) groups excluding carboxylic acids is 1. The van der Waals surface area contributed by atoms with Crippen molar-refractivity contribution in [3.8, 4) is 11.5 Å². The minimum atomic E-state index is -4.04. The monoisotopic (exact) mass is 578 g/mol. The number of rotatable bonds is 10. The highest BCUT2D eigenvalue weighted by atomic mass is 35.5. The molecule has 0 aliphatic rings. The molecular formula is C31H31ClN2O5S. The maximum Gasteiger partial charge on any atom is 0.264 e. The second-order valence-electron chi connectivity index (χ2n) is 9.28. The second kappa shape index (κ2) is 12.4. The fourth-order valence-electron chi connectivity index (χ4n) is 4.26. The van der Waals surface area contributed by atoms with Crippen molar-refractivity contribution in [1.82, 2.24) is 5.32 Å². The molecule has 0 saturated heterocycles. The number of hydrogen-bond acceptors (Lipinski definition) is 5. The molecule has 0 bridgehead atoms. The third-order valence-corrected chi connectivity index (χ3v) is 8.55. The van der Waals surface area contributed by atoms with Crippen LogP contribution in [0.4, 0.5) is 5.69 Å².